The molecule has 2 atom stereocenters. The summed E-state index contributed by atoms with van der Waals surface area (Å²) in [6.45, 7) is 5.72. The third-order valence-corrected chi connectivity index (χ3v) is 4.26. The van der Waals surface area contributed by atoms with E-state index in [9.17, 15) is 9.59 Å². The van der Waals surface area contributed by atoms with Crippen molar-refractivity contribution in [3.05, 3.63) is 22.4 Å². The van der Waals surface area contributed by atoms with E-state index in [2.05, 4.69) is 15.9 Å². The molecule has 1 amide bonds. The van der Waals surface area contributed by atoms with Crippen molar-refractivity contribution in [1.29, 1.82) is 0 Å². The van der Waals surface area contributed by atoms with Crippen LogP contribution in [0.25, 0.3) is 0 Å². The van der Waals surface area contributed by atoms with Gasteiger partial charge in [-0.2, -0.15) is 0 Å². The second-order valence-electron chi connectivity index (χ2n) is 5.15. The number of hydrogen-bond donors (Lipinski definition) is 0. The minimum Gasteiger partial charge on any atom is -0.469 e. The average molecular weight is 343 g/mol. The summed E-state index contributed by atoms with van der Waals surface area (Å²) in [7, 11) is 1.39. The predicted octanol–water partition coefficient (Wildman–Crippen LogP) is 2.15. The molecule has 0 saturated carbocycles. The van der Waals surface area contributed by atoms with Gasteiger partial charge in [-0.15, -0.1) is 0 Å². The Morgan fingerprint density at radius 3 is 2.75 bits per heavy atom. The Balaban J connectivity index is 2.16. The quantitative estimate of drug-likeness (QED) is 0.791. The van der Waals surface area contributed by atoms with Crippen LogP contribution in [0, 0.1) is 11.8 Å². The summed E-state index contributed by atoms with van der Waals surface area (Å²) in [6.07, 6.45) is 1.89. The Kier molecular flexibility index (Phi) is 4.52. The molecule has 0 spiro atoms. The first kappa shape index (κ1) is 15.1. The van der Waals surface area contributed by atoms with E-state index in [0.29, 0.717) is 18.8 Å². The highest BCUT2D eigenvalue weighted by atomic mass is 79.9. The molecule has 0 aromatic carbocycles. The van der Waals surface area contributed by atoms with Gasteiger partial charge in [-0.05, 0) is 34.8 Å². The van der Waals surface area contributed by atoms with Gasteiger partial charge in [-0.3, -0.25) is 9.59 Å². The third-order valence-electron chi connectivity index (χ3n) is 3.83. The number of carbonyl (C=O) groups excluding carboxylic acids is 2. The lowest BCUT2D eigenvalue weighted by atomic mass is 9.99. The minimum atomic E-state index is -0.236. The van der Waals surface area contributed by atoms with Gasteiger partial charge in [0.05, 0.1) is 13.0 Å². The van der Waals surface area contributed by atoms with Crippen LogP contribution in [0.15, 0.2) is 16.7 Å². The largest absolute Gasteiger partial charge is 0.469 e. The fourth-order valence-corrected chi connectivity index (χ4v) is 3.13. The number of esters is 1. The maximum atomic E-state index is 12.6. The molecule has 5 nitrogen and oxygen atoms in total. The standard InChI is InChI=1S/C14H19BrN2O3/c1-4-16-7-10(15)5-12(16)13(18)17-6-9(2)11(8-17)14(19)20-3/h5,7,9,11H,4,6,8H2,1-3H3. The van der Waals surface area contributed by atoms with Gasteiger partial charge in [0.2, 0.25) is 0 Å². The van der Waals surface area contributed by atoms with Crippen molar-refractivity contribution in [3.8, 4) is 0 Å². The van der Waals surface area contributed by atoms with Gasteiger partial charge in [0.15, 0.2) is 0 Å². The molecule has 20 heavy (non-hydrogen) atoms. The van der Waals surface area contributed by atoms with Gasteiger partial charge >= 0.3 is 5.97 Å². The third kappa shape index (κ3) is 2.75. The summed E-state index contributed by atoms with van der Waals surface area (Å²) in [5, 5.41) is 0. The molecule has 0 bridgehead atoms. The molecule has 1 aliphatic rings. The van der Waals surface area contributed by atoms with Crippen LogP contribution in [0.5, 0.6) is 0 Å². The Bertz CT molecular complexity index is 526. The fourth-order valence-electron chi connectivity index (χ4n) is 2.67. The van der Waals surface area contributed by atoms with Crippen LogP contribution in [-0.2, 0) is 16.1 Å². The van der Waals surface area contributed by atoms with Crippen molar-refractivity contribution in [2.24, 2.45) is 11.8 Å². The highest BCUT2D eigenvalue weighted by molar-refractivity contribution is 9.10. The lowest BCUT2D eigenvalue weighted by molar-refractivity contribution is -0.146. The molecule has 1 saturated heterocycles. The molecule has 110 valence electrons. The predicted molar refractivity (Wildman–Crippen MR) is 78.4 cm³/mol. The van der Waals surface area contributed by atoms with Gasteiger partial charge in [0, 0.05) is 30.3 Å². The number of aromatic nitrogens is 1. The van der Waals surface area contributed by atoms with E-state index >= 15 is 0 Å². The smallest absolute Gasteiger partial charge is 0.310 e. The first-order valence-corrected chi connectivity index (χ1v) is 7.50. The van der Waals surface area contributed by atoms with Gasteiger partial charge < -0.3 is 14.2 Å². The number of nitrogens with zero attached hydrogens (tertiary/aromatic N) is 2. The molecule has 1 fully saturated rings. The van der Waals surface area contributed by atoms with Crippen LogP contribution >= 0.6 is 15.9 Å². The number of amides is 1. The van der Waals surface area contributed by atoms with Gasteiger partial charge in [-0.1, -0.05) is 6.92 Å². The lowest BCUT2D eigenvalue weighted by Gasteiger charge is -2.17. The number of likely N-dealkylation sites (tertiary alicyclic amines) is 1. The summed E-state index contributed by atoms with van der Waals surface area (Å²) < 4.78 is 7.59. The molecule has 1 aromatic rings. The van der Waals surface area contributed by atoms with Crippen molar-refractivity contribution >= 4 is 27.8 Å². The maximum Gasteiger partial charge on any atom is 0.310 e. The number of ether oxygens (including phenoxy) is 1. The summed E-state index contributed by atoms with van der Waals surface area (Å²) >= 11 is 3.39. The zero-order chi connectivity index (χ0) is 14.9. The summed E-state index contributed by atoms with van der Waals surface area (Å²) in [5.41, 5.74) is 0.650. The molecular weight excluding hydrogens is 324 g/mol. The van der Waals surface area contributed by atoms with E-state index in [1.165, 1.54) is 7.11 Å². The van der Waals surface area contributed by atoms with Crippen LogP contribution in [-0.4, -0.2) is 41.5 Å². The molecule has 6 heteroatoms. The molecule has 1 aliphatic heterocycles. The average Bonchev–Trinajstić information content (AvgIpc) is 3.00. The van der Waals surface area contributed by atoms with Crippen LogP contribution in [0.3, 0.4) is 0 Å². The molecule has 0 N–H and O–H groups in total. The van der Waals surface area contributed by atoms with E-state index in [-0.39, 0.29) is 23.7 Å². The topological polar surface area (TPSA) is 51.5 Å². The van der Waals surface area contributed by atoms with E-state index < -0.39 is 0 Å². The van der Waals surface area contributed by atoms with Gasteiger partial charge in [0.1, 0.15) is 5.69 Å². The maximum absolute atomic E-state index is 12.6. The SMILES string of the molecule is CCn1cc(Br)cc1C(=O)N1CC(C)C(C(=O)OC)C1. The highest BCUT2D eigenvalue weighted by Crippen LogP contribution is 2.26. The monoisotopic (exact) mass is 342 g/mol. The Morgan fingerprint density at radius 2 is 2.15 bits per heavy atom. The molecule has 0 aliphatic carbocycles. The Morgan fingerprint density at radius 1 is 1.45 bits per heavy atom. The normalized spacial score (nSPS) is 22.1. The van der Waals surface area contributed by atoms with Crippen molar-refractivity contribution in [3.63, 3.8) is 0 Å². The van der Waals surface area contributed by atoms with E-state index in [1.54, 1.807) is 4.90 Å². The lowest BCUT2D eigenvalue weighted by Crippen LogP contribution is -2.31. The van der Waals surface area contributed by atoms with Crippen LogP contribution in [0.1, 0.15) is 24.3 Å². The van der Waals surface area contributed by atoms with Crippen molar-refractivity contribution < 1.29 is 14.3 Å². The molecule has 2 rings (SSSR count). The van der Waals surface area contributed by atoms with Crippen molar-refractivity contribution in [2.45, 2.75) is 20.4 Å². The number of rotatable bonds is 3. The summed E-state index contributed by atoms with van der Waals surface area (Å²) in [6, 6.07) is 1.82. The van der Waals surface area contributed by atoms with Crippen LogP contribution in [0.2, 0.25) is 0 Å². The zero-order valence-corrected chi connectivity index (χ0v) is 13.5. The molecule has 0 radical (unpaired) electrons. The number of aryl methyl sites for hydroxylation is 1. The second-order valence-corrected chi connectivity index (χ2v) is 6.06. The van der Waals surface area contributed by atoms with Crippen LogP contribution in [0.4, 0.5) is 0 Å². The van der Waals surface area contributed by atoms with Crippen molar-refractivity contribution in [2.75, 3.05) is 20.2 Å². The number of halogens is 1. The molecule has 1 aromatic heterocycles. The van der Waals surface area contributed by atoms with E-state index in [1.807, 2.05) is 30.7 Å². The fraction of sp³-hybridized carbons (Fsp3) is 0.571. The Labute approximate surface area is 127 Å². The first-order chi connectivity index (χ1) is 9.47. The van der Waals surface area contributed by atoms with E-state index in [0.717, 1.165) is 11.0 Å². The summed E-state index contributed by atoms with van der Waals surface area (Å²) in [4.78, 5) is 26.0. The number of carbonyl (C=O) groups is 2. The molecule has 2 unspecified atom stereocenters. The number of hydrogen-bond acceptors (Lipinski definition) is 3. The zero-order valence-electron chi connectivity index (χ0n) is 11.9. The van der Waals surface area contributed by atoms with Gasteiger partial charge in [-0.25, -0.2) is 0 Å². The molecular formula is C14H19BrN2O3. The second kappa shape index (κ2) is 5.99. The van der Waals surface area contributed by atoms with E-state index in [4.69, 9.17) is 4.74 Å². The number of methoxy groups -OCH3 is 1. The highest BCUT2D eigenvalue weighted by Gasteiger charge is 2.38. The van der Waals surface area contributed by atoms with Crippen LogP contribution < -0.4 is 0 Å². The van der Waals surface area contributed by atoms with Crippen molar-refractivity contribution in [1.82, 2.24) is 9.47 Å². The van der Waals surface area contributed by atoms with Gasteiger partial charge in [0.25, 0.3) is 5.91 Å². The Hall–Kier alpha value is -1.30. The molecule has 2 heterocycles. The minimum absolute atomic E-state index is 0.0317. The first-order valence-electron chi connectivity index (χ1n) is 6.70. The summed E-state index contributed by atoms with van der Waals surface area (Å²) in [5.74, 6) is -0.368.